The molecule has 0 radical (unpaired) electrons. The highest BCUT2D eigenvalue weighted by molar-refractivity contribution is 6.23. The number of aromatic nitrogens is 4. The minimum absolute atomic E-state index is 0.106. The third kappa shape index (κ3) is 9.21. The Balaban J connectivity index is 0.000000139. The SMILES string of the molecule is CC1(C)c2cc(-c3c4ccccc4c(-c4ccc(-c5ccccc5)cc4)c4ccccc34)ccc2-n2c(-c3ccccc3)nc3cccc1c32.CC1(C)c2ccccc2-n2c(-c3ccc(-c4c5ccccc5c(-c5ccc(-c6ccccc6)cc5)c5ccccc45)cc3)nc3cccc1c32. The summed E-state index contributed by atoms with van der Waals surface area (Å²) in [6, 6.07) is 124. The number of rotatable bonds is 8. The van der Waals surface area contributed by atoms with Crippen molar-refractivity contribution >= 4 is 65.2 Å². The molecule has 0 saturated heterocycles. The summed E-state index contributed by atoms with van der Waals surface area (Å²) in [7, 11) is 0. The van der Waals surface area contributed by atoms with Crippen LogP contribution in [0.25, 0.3) is 166 Å². The first kappa shape index (κ1) is 58.8. The Morgan fingerprint density at radius 3 is 0.880 bits per heavy atom. The summed E-state index contributed by atoms with van der Waals surface area (Å²) < 4.78 is 4.77. The van der Waals surface area contributed by atoms with Gasteiger partial charge in [0.2, 0.25) is 0 Å². The lowest BCUT2D eigenvalue weighted by molar-refractivity contribution is 0.629. The van der Waals surface area contributed by atoms with E-state index in [1.807, 2.05) is 0 Å². The largest absolute Gasteiger partial charge is 0.292 e. The molecular weight excluding hydrogens is 1210 g/mol. The van der Waals surface area contributed by atoms with E-state index in [1.165, 1.54) is 155 Å². The van der Waals surface area contributed by atoms with Crippen molar-refractivity contribution < 1.29 is 0 Å². The number of nitrogens with zero attached hydrogens (tertiary/aromatic N) is 4. The van der Waals surface area contributed by atoms with Crippen LogP contribution < -0.4 is 0 Å². The molecule has 16 aromatic carbocycles. The minimum atomic E-state index is -0.221. The first-order valence-corrected chi connectivity index (χ1v) is 34.8. The summed E-state index contributed by atoms with van der Waals surface area (Å²) in [6.07, 6.45) is 0. The second-order valence-electron chi connectivity index (χ2n) is 27.9. The van der Waals surface area contributed by atoms with E-state index in [9.17, 15) is 0 Å². The van der Waals surface area contributed by atoms with Crippen LogP contribution in [0, 0.1) is 0 Å². The molecule has 100 heavy (non-hydrogen) atoms. The van der Waals surface area contributed by atoms with Crippen LogP contribution >= 0.6 is 0 Å². The van der Waals surface area contributed by atoms with Crippen molar-refractivity contribution in [2.24, 2.45) is 0 Å². The van der Waals surface area contributed by atoms with Gasteiger partial charge in [0.25, 0.3) is 0 Å². The molecular formula is C96H68N4. The molecule has 2 aliphatic rings. The van der Waals surface area contributed by atoms with Gasteiger partial charge >= 0.3 is 0 Å². The molecule has 0 atom stereocenters. The van der Waals surface area contributed by atoms with Gasteiger partial charge in [0.15, 0.2) is 0 Å². The van der Waals surface area contributed by atoms with Gasteiger partial charge in [-0.15, -0.1) is 0 Å². The van der Waals surface area contributed by atoms with Crippen molar-refractivity contribution in [2.75, 3.05) is 0 Å². The Morgan fingerprint density at radius 1 is 0.210 bits per heavy atom. The van der Waals surface area contributed by atoms with Crippen LogP contribution in [0.4, 0.5) is 0 Å². The van der Waals surface area contributed by atoms with Gasteiger partial charge in [-0.25, -0.2) is 9.97 Å². The van der Waals surface area contributed by atoms with E-state index in [-0.39, 0.29) is 10.8 Å². The quantitative estimate of drug-likeness (QED) is 0.142. The molecule has 0 saturated carbocycles. The molecule has 0 spiro atoms. The van der Waals surface area contributed by atoms with Gasteiger partial charge in [-0.3, -0.25) is 9.13 Å². The van der Waals surface area contributed by atoms with E-state index >= 15 is 0 Å². The Labute approximate surface area is 582 Å². The molecule has 20 rings (SSSR count). The minimum Gasteiger partial charge on any atom is -0.292 e. The van der Waals surface area contributed by atoms with Crippen molar-refractivity contribution in [1.29, 1.82) is 0 Å². The zero-order chi connectivity index (χ0) is 66.8. The molecule has 472 valence electrons. The molecule has 0 bridgehead atoms. The van der Waals surface area contributed by atoms with E-state index in [0.29, 0.717) is 0 Å². The maximum Gasteiger partial charge on any atom is 0.145 e. The van der Waals surface area contributed by atoms with Gasteiger partial charge in [-0.2, -0.15) is 0 Å². The van der Waals surface area contributed by atoms with E-state index < -0.39 is 0 Å². The fourth-order valence-corrected chi connectivity index (χ4v) is 16.8. The molecule has 0 fully saturated rings. The summed E-state index contributed by atoms with van der Waals surface area (Å²) in [4.78, 5) is 10.5. The molecule has 18 aromatic rings. The van der Waals surface area contributed by atoms with Crippen LogP contribution in [0.1, 0.15) is 49.9 Å². The topological polar surface area (TPSA) is 35.6 Å². The van der Waals surface area contributed by atoms with E-state index in [0.717, 1.165) is 33.8 Å². The lowest BCUT2D eigenvalue weighted by Gasteiger charge is -2.35. The van der Waals surface area contributed by atoms with Crippen LogP contribution in [0.3, 0.4) is 0 Å². The van der Waals surface area contributed by atoms with Gasteiger partial charge < -0.3 is 0 Å². The zero-order valence-electron chi connectivity index (χ0n) is 56.1. The number of hydrogen-bond acceptors (Lipinski definition) is 2. The second-order valence-corrected chi connectivity index (χ2v) is 27.9. The van der Waals surface area contributed by atoms with Gasteiger partial charge in [0.1, 0.15) is 11.6 Å². The molecule has 2 aliphatic heterocycles. The number of benzene rings is 16. The van der Waals surface area contributed by atoms with E-state index in [1.54, 1.807) is 0 Å². The number of imidazole rings is 2. The summed E-state index contributed by atoms with van der Waals surface area (Å²) >= 11 is 0. The Kier molecular flexibility index (Phi) is 13.6. The average molecular weight is 1280 g/mol. The molecule has 4 heterocycles. The molecule has 0 unspecified atom stereocenters. The van der Waals surface area contributed by atoms with Crippen LogP contribution in [0.2, 0.25) is 0 Å². The highest BCUT2D eigenvalue weighted by Crippen LogP contribution is 2.52. The molecule has 0 N–H and O–H groups in total. The predicted octanol–water partition coefficient (Wildman–Crippen LogP) is 25.3. The van der Waals surface area contributed by atoms with Gasteiger partial charge in [-0.05, 0) is 162 Å². The highest BCUT2D eigenvalue weighted by Gasteiger charge is 2.38. The lowest BCUT2D eigenvalue weighted by atomic mass is 9.73. The number of hydrogen-bond donors (Lipinski definition) is 0. The van der Waals surface area contributed by atoms with Crippen molar-refractivity contribution in [1.82, 2.24) is 19.1 Å². The predicted molar refractivity (Wildman–Crippen MR) is 420 cm³/mol. The van der Waals surface area contributed by atoms with Crippen LogP contribution in [-0.2, 0) is 10.8 Å². The lowest BCUT2D eigenvalue weighted by Crippen LogP contribution is -2.26. The third-order valence-corrected chi connectivity index (χ3v) is 21.6. The maximum absolute atomic E-state index is 5.25. The average Bonchev–Trinajstić information content (AvgIpc) is 1.44. The summed E-state index contributed by atoms with van der Waals surface area (Å²) in [5.41, 5.74) is 28.9. The van der Waals surface area contributed by atoms with E-state index in [2.05, 4.69) is 377 Å². The fourth-order valence-electron chi connectivity index (χ4n) is 16.8. The van der Waals surface area contributed by atoms with Crippen molar-refractivity contribution in [3.05, 3.63) is 362 Å². The monoisotopic (exact) mass is 1280 g/mol. The molecule has 4 heteroatoms. The highest BCUT2D eigenvalue weighted by atomic mass is 15.1. The molecule has 4 nitrogen and oxygen atoms in total. The summed E-state index contributed by atoms with van der Waals surface area (Å²) in [5, 5.41) is 10.1. The second kappa shape index (κ2) is 23.1. The standard InChI is InChI=1S/2C48H34N2/c1-48(2)40-22-13-23-42-46(40)50(47(49-42)34-16-7-4-8-17-34)43-29-28-35(30-41(43)48)45-38-20-11-9-18-36(38)44(37-19-10-12-21-39(37)45)33-26-24-32(25-27-33)31-14-5-3-6-15-31;1-48(2)40-19-10-11-22-43(40)50-46-41(48)20-12-21-42(46)49-47(50)35-29-27-34(28-30-35)45-38-17-8-6-15-36(38)44(37-16-7-9-18-39(37)45)33-25-23-32(24-26-33)31-13-4-3-5-14-31/h2*3-30H,1-2H3. The third-order valence-electron chi connectivity index (χ3n) is 21.6. The van der Waals surface area contributed by atoms with Crippen LogP contribution in [0.5, 0.6) is 0 Å². The van der Waals surface area contributed by atoms with Crippen molar-refractivity contribution in [3.63, 3.8) is 0 Å². The fraction of sp³-hybridized carbons (Fsp3) is 0.0625. The molecule has 0 amide bonds. The number of para-hydroxylation sites is 3. The van der Waals surface area contributed by atoms with Crippen LogP contribution in [-0.4, -0.2) is 19.1 Å². The molecule has 2 aromatic heterocycles. The van der Waals surface area contributed by atoms with Crippen LogP contribution in [0.15, 0.2) is 340 Å². The first-order valence-electron chi connectivity index (χ1n) is 34.8. The Morgan fingerprint density at radius 2 is 0.480 bits per heavy atom. The zero-order valence-corrected chi connectivity index (χ0v) is 56.1. The van der Waals surface area contributed by atoms with Crippen molar-refractivity contribution in [2.45, 2.75) is 38.5 Å². The van der Waals surface area contributed by atoms with Gasteiger partial charge in [-0.1, -0.05) is 337 Å². The Hall–Kier alpha value is -12.5. The summed E-state index contributed by atoms with van der Waals surface area (Å²) in [6.45, 7) is 9.37. The van der Waals surface area contributed by atoms with Gasteiger partial charge in [0.05, 0.1) is 33.4 Å². The molecule has 0 aliphatic carbocycles. The van der Waals surface area contributed by atoms with Crippen molar-refractivity contribution in [3.8, 4) is 101 Å². The normalized spacial score (nSPS) is 13.2. The smallest absolute Gasteiger partial charge is 0.145 e. The first-order chi connectivity index (χ1) is 49.2. The van der Waals surface area contributed by atoms with Gasteiger partial charge in [0, 0.05) is 22.0 Å². The van der Waals surface area contributed by atoms with E-state index in [4.69, 9.17) is 9.97 Å². The Bertz CT molecular complexity index is 6160. The number of fused-ring (bicyclic) bond motifs is 8. The maximum atomic E-state index is 5.25. The summed E-state index contributed by atoms with van der Waals surface area (Å²) in [5.74, 6) is 1.96.